The van der Waals surface area contributed by atoms with Crippen LogP contribution in [0.4, 0.5) is 4.79 Å². The van der Waals surface area contributed by atoms with E-state index in [0.29, 0.717) is 18.4 Å². The Kier molecular flexibility index (Phi) is 7.67. The first-order valence-electron chi connectivity index (χ1n) is 11.2. The molecule has 6 nitrogen and oxygen atoms in total. The molecule has 0 aliphatic heterocycles. The molecule has 1 fully saturated rings. The number of nitrogens with one attached hydrogen (secondary N) is 2. The molecule has 1 aromatic heterocycles. The maximum atomic E-state index is 12.3. The predicted octanol–water partition coefficient (Wildman–Crippen LogP) is 4.59. The van der Waals surface area contributed by atoms with Crippen LogP contribution in [-0.2, 0) is 6.42 Å². The number of hydrogen-bond acceptors (Lipinski definition) is 3. The van der Waals surface area contributed by atoms with Crippen LogP contribution in [-0.4, -0.2) is 33.4 Å². The zero-order valence-electron chi connectivity index (χ0n) is 18.0. The molecule has 1 aliphatic rings. The Morgan fingerprint density at radius 1 is 1.21 bits per heavy atom. The van der Waals surface area contributed by atoms with Gasteiger partial charge in [-0.1, -0.05) is 51.8 Å². The van der Waals surface area contributed by atoms with Crippen LogP contribution in [0.25, 0.3) is 5.69 Å². The van der Waals surface area contributed by atoms with Crippen molar-refractivity contribution in [2.45, 2.75) is 77.7 Å². The topological polar surface area (TPSA) is 71.8 Å². The zero-order valence-corrected chi connectivity index (χ0v) is 18.0. The predicted molar refractivity (Wildman–Crippen MR) is 116 cm³/mol. The van der Waals surface area contributed by atoms with Gasteiger partial charge in [0.05, 0.1) is 0 Å². The normalized spacial score (nSPS) is 15.7. The lowest BCUT2D eigenvalue weighted by Gasteiger charge is -2.24. The maximum Gasteiger partial charge on any atom is 0.315 e. The fourth-order valence-electron chi connectivity index (χ4n) is 3.72. The standard InChI is InChI=1S/C23H35N5O/c1-4-10-20(17(3)5-2)25-23(29)24-16-9-13-21-26-27-22(18-14-15-18)28(21)19-11-7-6-8-12-19/h6-8,11-12,17-18,20H,4-5,9-10,13-16H2,1-3H3,(H2,24,25,29). The summed E-state index contributed by atoms with van der Waals surface area (Å²) in [5.74, 6) is 3.08. The first kappa shape index (κ1) is 21.3. The summed E-state index contributed by atoms with van der Waals surface area (Å²) in [5.41, 5.74) is 1.12. The Hall–Kier alpha value is -2.37. The van der Waals surface area contributed by atoms with Crippen molar-refractivity contribution in [2.24, 2.45) is 5.92 Å². The first-order valence-corrected chi connectivity index (χ1v) is 11.2. The van der Waals surface area contributed by atoms with Gasteiger partial charge in [-0.05, 0) is 43.7 Å². The fraction of sp³-hybridized carbons (Fsp3) is 0.609. The van der Waals surface area contributed by atoms with Gasteiger partial charge < -0.3 is 10.6 Å². The molecule has 2 aromatic rings. The van der Waals surface area contributed by atoms with Crippen LogP contribution >= 0.6 is 0 Å². The number of urea groups is 1. The molecular weight excluding hydrogens is 362 g/mol. The molecule has 158 valence electrons. The third kappa shape index (κ3) is 5.81. The van der Waals surface area contributed by atoms with Gasteiger partial charge in [-0.3, -0.25) is 4.57 Å². The molecule has 0 bridgehead atoms. The van der Waals surface area contributed by atoms with Crippen LogP contribution in [0.5, 0.6) is 0 Å². The van der Waals surface area contributed by atoms with E-state index in [4.69, 9.17) is 0 Å². The smallest absolute Gasteiger partial charge is 0.315 e. The Bertz CT molecular complexity index is 769. The third-order valence-corrected chi connectivity index (χ3v) is 5.82. The largest absolute Gasteiger partial charge is 0.338 e. The van der Waals surface area contributed by atoms with Crippen molar-refractivity contribution in [3.05, 3.63) is 42.0 Å². The monoisotopic (exact) mass is 397 g/mol. The zero-order chi connectivity index (χ0) is 20.6. The van der Waals surface area contributed by atoms with Crippen molar-refractivity contribution in [3.8, 4) is 5.69 Å². The summed E-state index contributed by atoms with van der Waals surface area (Å²) in [4.78, 5) is 12.3. The summed E-state index contributed by atoms with van der Waals surface area (Å²) in [6, 6.07) is 10.5. The van der Waals surface area contributed by atoms with Gasteiger partial charge >= 0.3 is 6.03 Å². The molecule has 1 aliphatic carbocycles. The SMILES string of the molecule is CCCC(NC(=O)NCCCc1nnc(C2CC2)n1-c1ccccc1)C(C)CC. The Morgan fingerprint density at radius 2 is 1.97 bits per heavy atom. The number of benzene rings is 1. The summed E-state index contributed by atoms with van der Waals surface area (Å²) >= 11 is 0. The van der Waals surface area contributed by atoms with Gasteiger partial charge in [-0.15, -0.1) is 10.2 Å². The molecule has 0 radical (unpaired) electrons. The summed E-state index contributed by atoms with van der Waals surface area (Å²) in [7, 11) is 0. The molecule has 3 rings (SSSR count). The number of carbonyl (C=O) groups excluding carboxylic acids is 1. The second-order valence-corrected chi connectivity index (χ2v) is 8.20. The molecule has 0 saturated heterocycles. The summed E-state index contributed by atoms with van der Waals surface area (Å²) < 4.78 is 2.21. The van der Waals surface area contributed by atoms with Crippen molar-refractivity contribution in [2.75, 3.05) is 6.54 Å². The van der Waals surface area contributed by atoms with E-state index >= 15 is 0 Å². The highest BCUT2D eigenvalue weighted by molar-refractivity contribution is 5.74. The minimum absolute atomic E-state index is 0.0630. The van der Waals surface area contributed by atoms with E-state index in [0.717, 1.165) is 49.4 Å². The lowest BCUT2D eigenvalue weighted by molar-refractivity contribution is 0.229. The van der Waals surface area contributed by atoms with E-state index in [1.807, 2.05) is 18.2 Å². The highest BCUT2D eigenvalue weighted by Gasteiger charge is 2.30. The van der Waals surface area contributed by atoms with Crippen molar-refractivity contribution >= 4 is 6.03 Å². The van der Waals surface area contributed by atoms with Gasteiger partial charge in [0.25, 0.3) is 0 Å². The van der Waals surface area contributed by atoms with Gasteiger partial charge in [0.15, 0.2) is 0 Å². The maximum absolute atomic E-state index is 12.3. The minimum Gasteiger partial charge on any atom is -0.338 e. The lowest BCUT2D eigenvalue weighted by atomic mass is 9.95. The molecule has 29 heavy (non-hydrogen) atoms. The van der Waals surface area contributed by atoms with Gasteiger partial charge in [-0.2, -0.15) is 0 Å². The molecule has 1 aromatic carbocycles. The molecule has 2 N–H and O–H groups in total. The minimum atomic E-state index is -0.0630. The highest BCUT2D eigenvalue weighted by Crippen LogP contribution is 2.40. The average molecular weight is 398 g/mol. The average Bonchev–Trinajstić information content (AvgIpc) is 3.50. The molecular formula is C23H35N5O. The number of rotatable bonds is 11. The molecule has 6 heteroatoms. The number of aromatic nitrogens is 3. The Balaban J connectivity index is 1.53. The van der Waals surface area contributed by atoms with Crippen LogP contribution in [0.3, 0.4) is 0 Å². The quantitative estimate of drug-likeness (QED) is 0.545. The second-order valence-electron chi connectivity index (χ2n) is 8.20. The molecule has 0 spiro atoms. The summed E-state index contributed by atoms with van der Waals surface area (Å²) in [6.07, 6.45) is 7.19. The molecule has 2 atom stereocenters. The van der Waals surface area contributed by atoms with Gasteiger partial charge in [0, 0.05) is 30.6 Å². The Morgan fingerprint density at radius 3 is 2.62 bits per heavy atom. The number of aryl methyl sites for hydroxylation is 1. The van der Waals surface area contributed by atoms with E-state index in [2.05, 4.69) is 58.3 Å². The van der Waals surface area contributed by atoms with E-state index in [1.54, 1.807) is 0 Å². The van der Waals surface area contributed by atoms with Gasteiger partial charge in [-0.25, -0.2) is 4.79 Å². The van der Waals surface area contributed by atoms with E-state index in [-0.39, 0.29) is 12.1 Å². The number of hydrogen-bond donors (Lipinski definition) is 2. The van der Waals surface area contributed by atoms with Crippen LogP contribution < -0.4 is 10.6 Å². The highest BCUT2D eigenvalue weighted by atomic mass is 16.2. The van der Waals surface area contributed by atoms with Crippen molar-refractivity contribution < 1.29 is 4.79 Å². The fourth-order valence-corrected chi connectivity index (χ4v) is 3.72. The lowest BCUT2D eigenvalue weighted by Crippen LogP contribution is -2.45. The Labute approximate surface area is 174 Å². The molecule has 1 heterocycles. The van der Waals surface area contributed by atoms with Crippen molar-refractivity contribution in [3.63, 3.8) is 0 Å². The van der Waals surface area contributed by atoms with Crippen molar-refractivity contribution in [1.29, 1.82) is 0 Å². The summed E-state index contributed by atoms with van der Waals surface area (Å²) in [6.45, 7) is 7.17. The van der Waals surface area contributed by atoms with E-state index in [1.165, 1.54) is 12.8 Å². The van der Waals surface area contributed by atoms with Crippen LogP contribution in [0.1, 0.15) is 76.9 Å². The number of carbonyl (C=O) groups is 1. The molecule has 2 unspecified atom stereocenters. The molecule has 2 amide bonds. The molecule has 1 saturated carbocycles. The number of para-hydroxylation sites is 1. The van der Waals surface area contributed by atoms with Gasteiger partial charge in [0.2, 0.25) is 0 Å². The van der Waals surface area contributed by atoms with E-state index < -0.39 is 0 Å². The first-order chi connectivity index (χ1) is 14.1. The van der Waals surface area contributed by atoms with Crippen molar-refractivity contribution in [1.82, 2.24) is 25.4 Å². The van der Waals surface area contributed by atoms with Crippen LogP contribution in [0.2, 0.25) is 0 Å². The van der Waals surface area contributed by atoms with Crippen LogP contribution in [0.15, 0.2) is 30.3 Å². The number of amides is 2. The van der Waals surface area contributed by atoms with Crippen LogP contribution in [0, 0.1) is 5.92 Å². The van der Waals surface area contributed by atoms with E-state index in [9.17, 15) is 4.79 Å². The summed E-state index contributed by atoms with van der Waals surface area (Å²) in [5, 5.41) is 15.1. The number of nitrogens with zero attached hydrogens (tertiary/aromatic N) is 3. The second kappa shape index (κ2) is 10.4. The van der Waals surface area contributed by atoms with Gasteiger partial charge in [0.1, 0.15) is 11.6 Å². The third-order valence-electron chi connectivity index (χ3n) is 5.82.